The van der Waals surface area contributed by atoms with Crippen molar-refractivity contribution < 1.29 is 0 Å². The number of nitrogens with two attached hydrogens (primary N) is 1. The summed E-state index contributed by atoms with van der Waals surface area (Å²) in [5.74, 6) is 0.00347. The maximum absolute atomic E-state index is 7.20. The molecule has 0 bridgehead atoms. The third kappa shape index (κ3) is 2.22. The van der Waals surface area contributed by atoms with Crippen molar-refractivity contribution in [2.45, 2.75) is 19.9 Å². The van der Waals surface area contributed by atoms with Crippen LogP contribution in [0.4, 0.5) is 5.69 Å². The molecule has 14 heavy (non-hydrogen) atoms. The summed E-state index contributed by atoms with van der Waals surface area (Å²) < 4.78 is 0. The fourth-order valence-electron chi connectivity index (χ4n) is 1.05. The van der Waals surface area contributed by atoms with Crippen LogP contribution >= 0.6 is 0 Å². The van der Waals surface area contributed by atoms with E-state index in [1.165, 1.54) is 0 Å². The zero-order valence-corrected chi connectivity index (χ0v) is 8.78. The van der Waals surface area contributed by atoms with Gasteiger partial charge < -0.3 is 10.6 Å². The molecule has 3 N–H and O–H groups in total. The van der Waals surface area contributed by atoms with Crippen LogP contribution < -0.4 is 10.6 Å². The molecule has 0 amide bonds. The molecular formula is C10H16N4. The molecule has 4 heteroatoms. The molecule has 0 aromatic carbocycles. The first kappa shape index (κ1) is 10.5. The molecule has 1 aromatic heterocycles. The molecule has 4 nitrogen and oxygen atoms in total. The van der Waals surface area contributed by atoms with E-state index < -0.39 is 0 Å². The Kier molecular flexibility index (Phi) is 3.06. The lowest BCUT2D eigenvalue weighted by Crippen LogP contribution is -2.26. The van der Waals surface area contributed by atoms with Gasteiger partial charge in [-0.25, -0.2) is 0 Å². The Hall–Kier alpha value is -1.58. The monoisotopic (exact) mass is 192 g/mol. The van der Waals surface area contributed by atoms with E-state index in [9.17, 15) is 0 Å². The van der Waals surface area contributed by atoms with Gasteiger partial charge in [0.15, 0.2) is 0 Å². The normalized spacial score (nSPS) is 10.3. The van der Waals surface area contributed by atoms with Gasteiger partial charge in [-0.1, -0.05) is 0 Å². The summed E-state index contributed by atoms with van der Waals surface area (Å²) in [7, 11) is 2.01. The summed E-state index contributed by atoms with van der Waals surface area (Å²) >= 11 is 0. The SMILES string of the molecule is CC(C)N(C)c1ccc(C(=N)N)nc1. The van der Waals surface area contributed by atoms with Gasteiger partial charge in [0, 0.05) is 13.1 Å². The molecule has 0 fully saturated rings. The number of pyridine rings is 1. The van der Waals surface area contributed by atoms with Crippen molar-refractivity contribution in [3.8, 4) is 0 Å². The Balaban J connectivity index is 2.88. The second-order valence-electron chi connectivity index (χ2n) is 3.52. The molecular weight excluding hydrogens is 176 g/mol. The fraction of sp³-hybridized carbons (Fsp3) is 0.400. The second-order valence-corrected chi connectivity index (χ2v) is 3.52. The summed E-state index contributed by atoms with van der Waals surface area (Å²) in [6.45, 7) is 4.22. The van der Waals surface area contributed by atoms with Gasteiger partial charge in [-0.05, 0) is 26.0 Å². The summed E-state index contributed by atoms with van der Waals surface area (Å²) in [5.41, 5.74) is 6.86. The average molecular weight is 192 g/mol. The predicted octanol–water partition coefficient (Wildman–Crippen LogP) is 1.21. The molecule has 0 unspecified atom stereocenters. The van der Waals surface area contributed by atoms with Crippen LogP contribution in [0.3, 0.4) is 0 Å². The second kappa shape index (κ2) is 4.09. The van der Waals surface area contributed by atoms with Crippen molar-refractivity contribution in [3.63, 3.8) is 0 Å². The van der Waals surface area contributed by atoms with E-state index >= 15 is 0 Å². The quantitative estimate of drug-likeness (QED) is 0.559. The lowest BCUT2D eigenvalue weighted by molar-refractivity contribution is 0.753. The minimum Gasteiger partial charge on any atom is -0.382 e. The molecule has 0 aliphatic carbocycles. The van der Waals surface area contributed by atoms with E-state index in [0.29, 0.717) is 11.7 Å². The van der Waals surface area contributed by atoms with Gasteiger partial charge in [-0.3, -0.25) is 10.4 Å². The fourth-order valence-corrected chi connectivity index (χ4v) is 1.05. The number of rotatable bonds is 3. The van der Waals surface area contributed by atoms with Crippen LogP contribution in [0, 0.1) is 5.41 Å². The van der Waals surface area contributed by atoms with Gasteiger partial charge in [0.1, 0.15) is 11.5 Å². The van der Waals surface area contributed by atoms with Crippen LogP contribution in [0.25, 0.3) is 0 Å². The lowest BCUT2D eigenvalue weighted by Gasteiger charge is -2.23. The number of nitrogens with zero attached hydrogens (tertiary/aromatic N) is 2. The Morgan fingerprint density at radius 1 is 1.50 bits per heavy atom. The van der Waals surface area contributed by atoms with Crippen LogP contribution in [0.15, 0.2) is 18.3 Å². The average Bonchev–Trinajstić information content (AvgIpc) is 2.16. The van der Waals surface area contributed by atoms with Crippen LogP contribution in [0.2, 0.25) is 0 Å². The van der Waals surface area contributed by atoms with Crippen molar-refractivity contribution in [2.75, 3.05) is 11.9 Å². The van der Waals surface area contributed by atoms with Crippen LogP contribution in [-0.2, 0) is 0 Å². The highest BCUT2D eigenvalue weighted by atomic mass is 15.1. The maximum atomic E-state index is 7.20. The molecule has 1 aromatic rings. The first-order valence-electron chi connectivity index (χ1n) is 4.55. The molecule has 0 aliphatic heterocycles. The molecule has 0 radical (unpaired) electrons. The summed E-state index contributed by atoms with van der Waals surface area (Å²) in [5, 5.41) is 7.20. The van der Waals surface area contributed by atoms with E-state index in [1.807, 2.05) is 13.1 Å². The number of nitrogen functional groups attached to an aromatic ring is 1. The van der Waals surface area contributed by atoms with Crippen molar-refractivity contribution in [1.29, 1.82) is 5.41 Å². The first-order valence-corrected chi connectivity index (χ1v) is 4.55. The first-order chi connectivity index (χ1) is 6.52. The van der Waals surface area contributed by atoms with Gasteiger partial charge in [0.25, 0.3) is 0 Å². The van der Waals surface area contributed by atoms with Crippen LogP contribution in [-0.4, -0.2) is 23.9 Å². The zero-order chi connectivity index (χ0) is 10.7. The van der Waals surface area contributed by atoms with Crippen LogP contribution in [0.5, 0.6) is 0 Å². The highest BCUT2D eigenvalue weighted by Crippen LogP contribution is 2.13. The smallest absolute Gasteiger partial charge is 0.141 e. The van der Waals surface area contributed by atoms with Gasteiger partial charge in [0.05, 0.1) is 11.9 Å². The Morgan fingerprint density at radius 3 is 2.50 bits per heavy atom. The topological polar surface area (TPSA) is 66.0 Å². The van der Waals surface area contributed by atoms with Crippen molar-refractivity contribution in [1.82, 2.24) is 4.98 Å². The standard InChI is InChI=1S/C10H16N4/c1-7(2)14(3)8-4-5-9(10(11)12)13-6-8/h4-7H,1-3H3,(H3,11,12). The van der Waals surface area contributed by atoms with E-state index in [4.69, 9.17) is 11.1 Å². The summed E-state index contributed by atoms with van der Waals surface area (Å²) in [6, 6.07) is 4.11. The van der Waals surface area contributed by atoms with Gasteiger partial charge in [-0.15, -0.1) is 0 Å². The predicted molar refractivity (Wildman–Crippen MR) is 58.8 cm³/mol. The number of anilines is 1. The number of nitrogens with one attached hydrogen (secondary N) is 1. The molecule has 0 aliphatic rings. The number of hydrogen-bond acceptors (Lipinski definition) is 3. The number of amidine groups is 1. The molecule has 0 atom stereocenters. The largest absolute Gasteiger partial charge is 0.382 e. The van der Waals surface area contributed by atoms with E-state index in [2.05, 4.69) is 23.7 Å². The third-order valence-corrected chi connectivity index (χ3v) is 2.21. The van der Waals surface area contributed by atoms with E-state index in [-0.39, 0.29) is 5.84 Å². The van der Waals surface area contributed by atoms with Gasteiger partial charge in [-0.2, -0.15) is 0 Å². The molecule has 1 heterocycles. The van der Waals surface area contributed by atoms with E-state index in [1.54, 1.807) is 12.3 Å². The number of aromatic nitrogens is 1. The Bertz CT molecular complexity index is 315. The highest BCUT2D eigenvalue weighted by Gasteiger charge is 2.05. The van der Waals surface area contributed by atoms with Crippen LogP contribution in [0.1, 0.15) is 19.5 Å². The minimum absolute atomic E-state index is 0.00347. The Labute approximate surface area is 84.3 Å². The van der Waals surface area contributed by atoms with Crippen molar-refractivity contribution in [2.24, 2.45) is 5.73 Å². The van der Waals surface area contributed by atoms with Crippen molar-refractivity contribution in [3.05, 3.63) is 24.0 Å². The molecule has 76 valence electrons. The molecule has 0 spiro atoms. The minimum atomic E-state index is 0.00347. The summed E-state index contributed by atoms with van der Waals surface area (Å²) in [6.07, 6.45) is 1.73. The van der Waals surface area contributed by atoms with Crippen molar-refractivity contribution >= 4 is 11.5 Å². The van der Waals surface area contributed by atoms with Gasteiger partial charge >= 0.3 is 0 Å². The molecule has 0 saturated heterocycles. The summed E-state index contributed by atoms with van der Waals surface area (Å²) in [4.78, 5) is 6.20. The third-order valence-electron chi connectivity index (χ3n) is 2.21. The van der Waals surface area contributed by atoms with Gasteiger partial charge in [0.2, 0.25) is 0 Å². The lowest BCUT2D eigenvalue weighted by atomic mass is 10.2. The zero-order valence-electron chi connectivity index (χ0n) is 8.78. The molecule has 0 saturated carbocycles. The maximum Gasteiger partial charge on any atom is 0.141 e. The Morgan fingerprint density at radius 2 is 2.14 bits per heavy atom. The highest BCUT2D eigenvalue weighted by molar-refractivity contribution is 5.93. The molecule has 1 rings (SSSR count). The number of hydrogen-bond donors (Lipinski definition) is 2. The van der Waals surface area contributed by atoms with E-state index in [0.717, 1.165) is 5.69 Å².